The van der Waals surface area contributed by atoms with E-state index in [1.165, 1.54) is 0 Å². The number of aliphatic carboxylic acids is 1. The minimum atomic E-state index is -0.980. The van der Waals surface area contributed by atoms with Crippen molar-refractivity contribution in [3.63, 3.8) is 0 Å². The van der Waals surface area contributed by atoms with E-state index in [9.17, 15) is 19.5 Å². The SMILES string of the molecule is CCOC(=O)c1c(C)[nH]c(/C=C2\C(=O)Nc3cccc(-c4ccncc4)c32)c1CCC(=O)O. The molecule has 0 bridgehead atoms. The van der Waals surface area contributed by atoms with Gasteiger partial charge in [-0.2, -0.15) is 0 Å². The van der Waals surface area contributed by atoms with Crippen LogP contribution in [0.25, 0.3) is 22.8 Å². The highest BCUT2D eigenvalue weighted by Crippen LogP contribution is 2.40. The topological polar surface area (TPSA) is 121 Å². The highest BCUT2D eigenvalue weighted by Gasteiger charge is 2.29. The van der Waals surface area contributed by atoms with E-state index in [1.54, 1.807) is 32.3 Å². The highest BCUT2D eigenvalue weighted by atomic mass is 16.5. The van der Waals surface area contributed by atoms with Crippen LogP contribution in [-0.2, 0) is 20.7 Å². The van der Waals surface area contributed by atoms with Crippen LogP contribution in [-0.4, -0.2) is 39.5 Å². The first-order valence-corrected chi connectivity index (χ1v) is 10.6. The number of hydrogen-bond donors (Lipinski definition) is 3. The number of fused-ring (bicyclic) bond motifs is 1. The van der Waals surface area contributed by atoms with Gasteiger partial charge in [0.2, 0.25) is 0 Å². The normalized spacial score (nSPS) is 13.6. The Hall–Kier alpha value is -4.20. The number of anilines is 1. The van der Waals surface area contributed by atoms with Gasteiger partial charge in [0.25, 0.3) is 5.91 Å². The zero-order chi connectivity index (χ0) is 23.5. The molecular weight excluding hydrogens is 422 g/mol. The van der Waals surface area contributed by atoms with Gasteiger partial charge in [-0.3, -0.25) is 14.6 Å². The van der Waals surface area contributed by atoms with E-state index in [-0.39, 0.29) is 25.4 Å². The van der Waals surface area contributed by atoms with Crippen LogP contribution < -0.4 is 5.32 Å². The molecule has 0 saturated carbocycles. The number of aromatic amines is 1. The monoisotopic (exact) mass is 445 g/mol. The summed E-state index contributed by atoms with van der Waals surface area (Å²) in [5.74, 6) is -1.78. The number of pyridine rings is 1. The summed E-state index contributed by atoms with van der Waals surface area (Å²) < 4.78 is 5.18. The molecule has 1 aliphatic heterocycles. The van der Waals surface area contributed by atoms with Crippen LogP contribution in [0.2, 0.25) is 0 Å². The Morgan fingerprint density at radius 1 is 1.18 bits per heavy atom. The maximum Gasteiger partial charge on any atom is 0.340 e. The van der Waals surface area contributed by atoms with Crippen LogP contribution in [0.1, 0.15) is 46.2 Å². The lowest BCUT2D eigenvalue weighted by atomic mass is 9.94. The van der Waals surface area contributed by atoms with Crippen molar-refractivity contribution in [1.82, 2.24) is 9.97 Å². The molecule has 0 fully saturated rings. The molecule has 8 heteroatoms. The number of H-pyrrole nitrogens is 1. The minimum absolute atomic E-state index is 0.118. The fourth-order valence-corrected chi connectivity index (χ4v) is 4.10. The van der Waals surface area contributed by atoms with Crippen molar-refractivity contribution in [2.24, 2.45) is 0 Å². The Labute approximate surface area is 190 Å². The number of benzene rings is 1. The second-order valence-electron chi connectivity index (χ2n) is 7.61. The van der Waals surface area contributed by atoms with Crippen molar-refractivity contribution >= 4 is 35.2 Å². The lowest BCUT2D eigenvalue weighted by Crippen LogP contribution is -2.09. The molecule has 1 amide bonds. The van der Waals surface area contributed by atoms with Gasteiger partial charge in [0.15, 0.2) is 0 Å². The number of carbonyl (C=O) groups excluding carboxylic acids is 2. The minimum Gasteiger partial charge on any atom is -0.481 e. The van der Waals surface area contributed by atoms with E-state index in [0.29, 0.717) is 33.8 Å². The van der Waals surface area contributed by atoms with Crippen LogP contribution in [0.5, 0.6) is 0 Å². The van der Waals surface area contributed by atoms with Gasteiger partial charge in [0, 0.05) is 41.5 Å². The van der Waals surface area contributed by atoms with E-state index in [4.69, 9.17) is 4.74 Å². The van der Waals surface area contributed by atoms with Crippen molar-refractivity contribution in [3.8, 4) is 11.1 Å². The van der Waals surface area contributed by atoms with Gasteiger partial charge in [-0.1, -0.05) is 12.1 Å². The van der Waals surface area contributed by atoms with Gasteiger partial charge in [0.1, 0.15) is 0 Å². The van der Waals surface area contributed by atoms with Gasteiger partial charge in [-0.15, -0.1) is 0 Å². The standard InChI is InChI=1S/C25H23N3O5/c1-3-33-25(32)22-14(2)27-20(17(22)7-8-21(29)30)13-18-23-16(15-9-11-26-12-10-15)5-4-6-19(23)28-24(18)31/h4-6,9-13,27H,3,7-8H2,1-2H3,(H,28,31)(H,29,30)/b18-13-. The summed E-state index contributed by atoms with van der Waals surface area (Å²) in [7, 11) is 0. The first kappa shape index (κ1) is 22.0. The number of hydrogen-bond acceptors (Lipinski definition) is 5. The first-order valence-electron chi connectivity index (χ1n) is 10.6. The molecule has 0 saturated heterocycles. The van der Waals surface area contributed by atoms with Crippen LogP contribution >= 0.6 is 0 Å². The predicted molar refractivity (Wildman–Crippen MR) is 124 cm³/mol. The second-order valence-corrected chi connectivity index (χ2v) is 7.61. The van der Waals surface area contributed by atoms with Crippen LogP contribution in [0.3, 0.4) is 0 Å². The molecule has 8 nitrogen and oxygen atoms in total. The lowest BCUT2D eigenvalue weighted by molar-refractivity contribution is -0.137. The average Bonchev–Trinajstić information content (AvgIpc) is 3.28. The van der Waals surface area contributed by atoms with Gasteiger partial charge in [0.05, 0.1) is 17.7 Å². The van der Waals surface area contributed by atoms with Crippen molar-refractivity contribution in [2.45, 2.75) is 26.7 Å². The molecule has 3 N–H and O–H groups in total. The molecule has 33 heavy (non-hydrogen) atoms. The third kappa shape index (κ3) is 4.27. The van der Waals surface area contributed by atoms with Gasteiger partial charge < -0.3 is 20.1 Å². The fourth-order valence-electron chi connectivity index (χ4n) is 4.10. The summed E-state index contributed by atoms with van der Waals surface area (Å²) in [5, 5.41) is 12.1. The lowest BCUT2D eigenvalue weighted by Gasteiger charge is -2.09. The maximum atomic E-state index is 12.9. The third-order valence-electron chi connectivity index (χ3n) is 5.50. The number of aryl methyl sites for hydroxylation is 1. The summed E-state index contributed by atoms with van der Waals surface area (Å²) in [6, 6.07) is 9.36. The summed E-state index contributed by atoms with van der Waals surface area (Å²) in [5.41, 5.74) is 5.51. The molecule has 0 aliphatic carbocycles. The molecule has 0 atom stereocenters. The Balaban J connectivity index is 1.87. The number of aromatic nitrogens is 2. The zero-order valence-electron chi connectivity index (χ0n) is 18.3. The predicted octanol–water partition coefficient (Wildman–Crippen LogP) is 4.07. The molecule has 3 aromatic rings. The summed E-state index contributed by atoms with van der Waals surface area (Å²) >= 11 is 0. The van der Waals surface area contributed by atoms with E-state index in [1.807, 2.05) is 30.3 Å². The zero-order valence-corrected chi connectivity index (χ0v) is 18.3. The molecule has 1 aliphatic rings. The van der Waals surface area contributed by atoms with Crippen LogP contribution in [0.4, 0.5) is 5.69 Å². The van der Waals surface area contributed by atoms with Crippen LogP contribution in [0, 0.1) is 6.92 Å². The summed E-state index contributed by atoms with van der Waals surface area (Å²) in [6.45, 7) is 3.63. The number of rotatable bonds is 7. The number of esters is 1. The van der Waals surface area contributed by atoms with Crippen molar-refractivity contribution in [3.05, 3.63) is 70.8 Å². The van der Waals surface area contributed by atoms with Gasteiger partial charge in [-0.25, -0.2) is 4.79 Å². The number of nitrogens with one attached hydrogen (secondary N) is 2. The number of carbonyl (C=O) groups is 3. The molecule has 3 heterocycles. The number of ether oxygens (including phenoxy) is 1. The molecule has 2 aromatic heterocycles. The summed E-state index contributed by atoms with van der Waals surface area (Å²) in [4.78, 5) is 44.0. The van der Waals surface area contributed by atoms with Crippen molar-refractivity contribution < 1.29 is 24.2 Å². The van der Waals surface area contributed by atoms with Gasteiger partial charge in [-0.05, 0) is 61.2 Å². The van der Waals surface area contributed by atoms with Crippen molar-refractivity contribution in [1.29, 1.82) is 0 Å². The smallest absolute Gasteiger partial charge is 0.340 e. The first-order chi connectivity index (χ1) is 15.9. The molecule has 0 spiro atoms. The number of nitrogens with zero attached hydrogens (tertiary/aromatic N) is 1. The van der Waals surface area contributed by atoms with Crippen LogP contribution in [0.15, 0.2) is 42.7 Å². The van der Waals surface area contributed by atoms with Crippen molar-refractivity contribution in [2.75, 3.05) is 11.9 Å². The maximum absolute atomic E-state index is 12.9. The Kier molecular flexibility index (Phi) is 6.08. The van der Waals surface area contributed by atoms with E-state index >= 15 is 0 Å². The largest absolute Gasteiger partial charge is 0.481 e. The molecule has 168 valence electrons. The van der Waals surface area contributed by atoms with E-state index in [2.05, 4.69) is 15.3 Å². The van der Waals surface area contributed by atoms with E-state index < -0.39 is 11.9 Å². The quantitative estimate of drug-likeness (QED) is 0.372. The molecule has 1 aromatic carbocycles. The molecule has 0 unspecified atom stereocenters. The summed E-state index contributed by atoms with van der Waals surface area (Å²) in [6.07, 6.45) is 5.01. The number of carboxylic acid groups (broad SMARTS) is 1. The Bertz CT molecular complexity index is 1270. The highest BCUT2D eigenvalue weighted by molar-refractivity contribution is 6.36. The molecular formula is C25H23N3O5. The Morgan fingerprint density at radius 3 is 2.64 bits per heavy atom. The number of carboxylic acids is 1. The average molecular weight is 445 g/mol. The molecule has 0 radical (unpaired) electrons. The molecule has 4 rings (SSSR count). The fraction of sp³-hybridized carbons (Fsp3) is 0.200. The second kappa shape index (κ2) is 9.12. The van der Waals surface area contributed by atoms with Gasteiger partial charge >= 0.3 is 11.9 Å². The third-order valence-corrected chi connectivity index (χ3v) is 5.50. The van der Waals surface area contributed by atoms with E-state index in [0.717, 1.165) is 16.7 Å². The Morgan fingerprint density at radius 2 is 1.94 bits per heavy atom. The number of amides is 1.